The summed E-state index contributed by atoms with van der Waals surface area (Å²) in [6.07, 6.45) is 7.24. The number of aromatic amines is 1. The highest BCUT2D eigenvalue weighted by molar-refractivity contribution is 7.70. The number of hydrogen-bond donors (Lipinski definition) is 9. The Balaban J connectivity index is 0.776. The number of Topliss-reactive ketones (excluding diaryl/α,β-unsaturated/α-hetero) is 1. The van der Waals surface area contributed by atoms with Gasteiger partial charge in [0.2, 0.25) is 29.5 Å². The fourth-order valence-electron chi connectivity index (χ4n) is 11.2. The van der Waals surface area contributed by atoms with Gasteiger partial charge in [0.15, 0.2) is 5.78 Å². The molecule has 10 N–H and O–H groups in total. The molecule has 0 radical (unpaired) electrons. The largest absolute Gasteiger partial charge is 0.396 e. The number of primary amides is 1. The van der Waals surface area contributed by atoms with Crippen LogP contribution in [0.3, 0.4) is 0 Å². The minimum atomic E-state index is -5.05. The first-order chi connectivity index (χ1) is 39.5. The van der Waals surface area contributed by atoms with Crippen molar-refractivity contribution in [1.29, 1.82) is 0 Å². The van der Waals surface area contributed by atoms with Crippen molar-refractivity contribution in [2.75, 3.05) is 18.1 Å². The highest BCUT2D eigenvalue weighted by Gasteiger charge is 2.47. The summed E-state index contributed by atoms with van der Waals surface area (Å²) in [6.45, 7) is 8.06. The minimum Gasteiger partial charge on any atom is -0.393 e. The predicted octanol–water partition coefficient (Wildman–Crippen LogP) is 6.00. The Kier molecular flexibility index (Phi) is 20.1. The smallest absolute Gasteiger partial charge is 0.393 e. The van der Waals surface area contributed by atoms with Crippen LogP contribution in [0.25, 0.3) is 21.3 Å². The van der Waals surface area contributed by atoms with Gasteiger partial charge in [-0.1, -0.05) is 81.8 Å². The van der Waals surface area contributed by atoms with Crippen LogP contribution in [0.15, 0.2) is 84.4 Å². The van der Waals surface area contributed by atoms with Gasteiger partial charge < -0.3 is 51.6 Å². The molecule has 1 aliphatic carbocycles. The van der Waals surface area contributed by atoms with Gasteiger partial charge in [0.25, 0.3) is 11.4 Å². The molecule has 83 heavy (non-hydrogen) atoms. The van der Waals surface area contributed by atoms with Gasteiger partial charge in [-0.05, 0) is 110 Å². The molecule has 1 unspecified atom stereocenters. The normalized spacial score (nSPS) is 19.5. The van der Waals surface area contributed by atoms with E-state index in [1.807, 2.05) is 82.3 Å². The quantitative estimate of drug-likeness (QED) is 0.0174. The Bertz CT molecular complexity index is 3330. The lowest BCUT2D eigenvalue weighted by molar-refractivity contribution is -0.137. The number of thiazole rings is 1. The highest BCUT2D eigenvalue weighted by atomic mass is 32.1. The van der Waals surface area contributed by atoms with Crippen LogP contribution in [0.1, 0.15) is 128 Å². The van der Waals surface area contributed by atoms with E-state index in [0.29, 0.717) is 35.9 Å². The molecule has 2 aliphatic heterocycles. The molecule has 0 saturated heterocycles. The zero-order chi connectivity index (χ0) is 59.8. The molecule has 5 aromatic rings. The number of nitrogens with one attached hydrogen (secondary N) is 5. The molecule has 1 fully saturated rings. The SMILES string of the molecule is Cc1ncsc1-c1ccc(CNC(=O)[C@@H]2C[C@@H](O)CC2C(=O)[C@@H](NC(=O)CCCCC/C=C\COC[C@H](CCC(N)=O)NC(=O)[C@@H]2Cc3cccc4c3N2C(=O)[C@@H](NC(=O)c2cc3cc(C(=O)P(=O)(O)O)ccc3[nH]2)CC4)C(C)(C)C)cc1. The molecule has 2 aromatic heterocycles. The molecule has 6 amide bonds. The van der Waals surface area contributed by atoms with Crippen LogP contribution in [0.5, 0.6) is 0 Å². The average molecular weight is 1180 g/mol. The zero-order valence-electron chi connectivity index (χ0n) is 47.0. The number of unbranched alkanes of at least 4 members (excludes halogenated alkanes) is 3. The molecule has 23 heteroatoms. The Morgan fingerprint density at radius 2 is 1.67 bits per heavy atom. The molecule has 1 saturated carbocycles. The number of benzene rings is 3. The summed E-state index contributed by atoms with van der Waals surface area (Å²) in [6, 6.07) is 15.2. The fourth-order valence-corrected chi connectivity index (χ4v) is 12.5. The number of aryl methyl sites for hydroxylation is 2. The van der Waals surface area contributed by atoms with Gasteiger partial charge in [-0.3, -0.25) is 47.8 Å². The number of para-hydroxylation sites is 1. The second-order valence-corrected chi connectivity index (χ2v) is 25.2. The number of amides is 6. The fraction of sp³-hybridized carbons (Fsp3) is 0.450. The maximum absolute atomic E-state index is 14.4. The number of H-pyrrole nitrogens is 1. The van der Waals surface area contributed by atoms with Crippen LogP contribution in [-0.4, -0.2) is 115 Å². The monoisotopic (exact) mass is 1180 g/mol. The molecule has 8 rings (SSSR count). The number of hydrogen-bond acceptors (Lipinski definition) is 13. The molecule has 4 heterocycles. The molecule has 0 bridgehead atoms. The summed E-state index contributed by atoms with van der Waals surface area (Å²) in [4.78, 5) is 136. The number of fused-ring (bicyclic) bond motifs is 1. The maximum atomic E-state index is 14.4. The van der Waals surface area contributed by atoms with Gasteiger partial charge >= 0.3 is 7.60 Å². The third-order valence-corrected chi connectivity index (χ3v) is 17.3. The van der Waals surface area contributed by atoms with Crippen molar-refractivity contribution in [3.05, 3.63) is 118 Å². The third-order valence-electron chi connectivity index (χ3n) is 15.6. The van der Waals surface area contributed by atoms with Crippen LogP contribution in [0, 0.1) is 24.2 Å². The lowest BCUT2D eigenvalue weighted by Crippen LogP contribution is -2.56. The first kappa shape index (κ1) is 61.9. The van der Waals surface area contributed by atoms with E-state index in [-0.39, 0.29) is 93.6 Å². The summed E-state index contributed by atoms with van der Waals surface area (Å²) in [5.74, 6) is -4.51. The van der Waals surface area contributed by atoms with E-state index < -0.39 is 84.3 Å². The number of carbonyl (C=O) groups is 8. The summed E-state index contributed by atoms with van der Waals surface area (Å²) in [5.41, 5.74) is 10.6. The molecular weight excluding hydrogens is 1100 g/mol. The number of rotatable bonds is 26. The Morgan fingerprint density at radius 1 is 0.928 bits per heavy atom. The summed E-state index contributed by atoms with van der Waals surface area (Å²) in [5, 5.41) is 22.7. The Hall–Kier alpha value is -7.20. The summed E-state index contributed by atoms with van der Waals surface area (Å²) < 4.78 is 17.5. The van der Waals surface area contributed by atoms with E-state index in [4.69, 9.17) is 10.5 Å². The number of nitrogens with zero attached hydrogens (tertiary/aromatic N) is 2. The number of ketones is 1. The molecule has 7 atom stereocenters. The number of nitrogens with two attached hydrogens (primary N) is 1. The number of aliphatic hydroxyl groups excluding tert-OH is 1. The second-order valence-electron chi connectivity index (χ2n) is 22.9. The van der Waals surface area contributed by atoms with Crippen LogP contribution in [0.4, 0.5) is 5.69 Å². The van der Waals surface area contributed by atoms with Crippen molar-refractivity contribution >= 4 is 82.3 Å². The van der Waals surface area contributed by atoms with E-state index in [1.165, 1.54) is 29.2 Å². The third kappa shape index (κ3) is 15.5. The standard InChI is InChI=1S/C60H73N8O13PS/c1-34-53(83-33-63-34)37-17-15-35(16-18-37)31-62-55(73)44-30-42(69)29-43(44)52(72)54(60(2,3)4)67-50(71)14-9-7-5-6-8-10-25-81-32-41(21-24-49(61)70)64-57(75)48-28-38-13-11-12-36-19-23-46(58(76)68(48)51(36)38)66-56(74)47-27-40-26-39(20-22-45(40)65-47)59(77)82(78,79)80/h8,10-13,15-18,20,22,26-27,33,41-44,46,48,54,65,69H,5-7,9,14,19,21,23-25,28-32H2,1-4H3,(H2,61,70)(H,62,73)(H,64,75)(H,66,74)(H,67,71)(H2,78,79,80)/b10-8-/t41-,42-,43?,44+,46-,48-,54+/m0/s1. The maximum Gasteiger partial charge on any atom is 0.396 e. The highest BCUT2D eigenvalue weighted by Crippen LogP contribution is 2.41. The van der Waals surface area contributed by atoms with Gasteiger partial charge in [-0.2, -0.15) is 0 Å². The van der Waals surface area contributed by atoms with Crippen molar-refractivity contribution in [2.24, 2.45) is 23.0 Å². The van der Waals surface area contributed by atoms with Crippen LogP contribution < -0.4 is 31.9 Å². The number of aliphatic hydroxyl groups is 1. The Labute approximate surface area is 485 Å². The molecule has 442 valence electrons. The van der Waals surface area contributed by atoms with Crippen molar-refractivity contribution < 1.29 is 62.6 Å². The number of aromatic nitrogens is 2. The number of ether oxygens (including phenoxy) is 1. The van der Waals surface area contributed by atoms with Crippen molar-refractivity contribution in [1.82, 2.24) is 31.2 Å². The van der Waals surface area contributed by atoms with E-state index in [2.05, 4.69) is 31.2 Å². The minimum absolute atomic E-state index is 0.0345. The molecule has 3 aliphatic rings. The Morgan fingerprint density at radius 3 is 2.39 bits per heavy atom. The molecule has 21 nitrogen and oxygen atoms in total. The molecular formula is C60H73N8O13PS. The van der Waals surface area contributed by atoms with Gasteiger partial charge in [0.05, 0.1) is 59.1 Å². The second kappa shape index (κ2) is 27.0. The number of carbonyl (C=O) groups excluding carboxylic acids is 8. The van der Waals surface area contributed by atoms with Gasteiger partial charge in [0.1, 0.15) is 17.8 Å². The van der Waals surface area contributed by atoms with Gasteiger partial charge in [0, 0.05) is 48.2 Å². The molecule has 0 spiro atoms. The van der Waals surface area contributed by atoms with Crippen molar-refractivity contribution in [3.8, 4) is 10.4 Å². The average Bonchev–Trinajstić information content (AvgIpc) is 4.45. The predicted molar refractivity (Wildman–Crippen MR) is 312 cm³/mol. The van der Waals surface area contributed by atoms with Crippen molar-refractivity contribution in [3.63, 3.8) is 0 Å². The molecule has 3 aromatic carbocycles. The van der Waals surface area contributed by atoms with Crippen LogP contribution >= 0.6 is 18.9 Å². The van der Waals surface area contributed by atoms with Crippen LogP contribution in [-0.2, 0) is 57.5 Å². The van der Waals surface area contributed by atoms with E-state index in [1.54, 1.807) is 16.8 Å². The van der Waals surface area contributed by atoms with Crippen LogP contribution in [0.2, 0.25) is 0 Å². The lowest BCUT2D eigenvalue weighted by Gasteiger charge is -2.33. The zero-order valence-corrected chi connectivity index (χ0v) is 48.7. The van der Waals surface area contributed by atoms with E-state index in [9.17, 15) is 57.8 Å². The van der Waals surface area contributed by atoms with Gasteiger partial charge in [-0.15, -0.1) is 11.3 Å². The van der Waals surface area contributed by atoms with Crippen molar-refractivity contribution in [2.45, 2.75) is 142 Å². The number of allylic oxidation sites excluding steroid dienone is 1. The van der Waals surface area contributed by atoms with Gasteiger partial charge in [-0.25, -0.2) is 4.98 Å². The number of anilines is 1. The van der Waals surface area contributed by atoms with E-state index in [0.717, 1.165) is 45.7 Å². The topological polar surface area (TPSA) is 330 Å². The van der Waals surface area contributed by atoms with E-state index >= 15 is 0 Å². The first-order valence-electron chi connectivity index (χ1n) is 28.0. The summed E-state index contributed by atoms with van der Waals surface area (Å²) >= 11 is 1.56. The first-order valence-corrected chi connectivity index (χ1v) is 30.5. The summed E-state index contributed by atoms with van der Waals surface area (Å²) in [7, 11) is -5.05. The lowest BCUT2D eigenvalue weighted by atomic mass is 9.77.